The highest BCUT2D eigenvalue weighted by molar-refractivity contribution is 6.00. The molecule has 4 aromatic rings. The van der Waals surface area contributed by atoms with Crippen molar-refractivity contribution in [3.63, 3.8) is 0 Å². The topological polar surface area (TPSA) is 43.6 Å². The minimum absolute atomic E-state index is 0.959. The van der Waals surface area contributed by atoms with Gasteiger partial charge in [-0.1, -0.05) is 24.3 Å². The summed E-state index contributed by atoms with van der Waals surface area (Å²) in [5, 5.41) is 2.24. The van der Waals surface area contributed by atoms with Crippen LogP contribution in [0.2, 0.25) is 0 Å². The summed E-state index contributed by atoms with van der Waals surface area (Å²) in [4.78, 5) is 13.4. The summed E-state index contributed by atoms with van der Waals surface area (Å²) in [5.41, 5.74) is 5.50. The number of aromatic nitrogens is 4. The number of benzene rings is 1. The molecule has 4 heteroatoms. The third-order valence-electron chi connectivity index (χ3n) is 4.44. The van der Waals surface area contributed by atoms with E-state index in [1.807, 2.05) is 30.6 Å². The van der Waals surface area contributed by atoms with Gasteiger partial charge in [-0.05, 0) is 24.6 Å². The van der Waals surface area contributed by atoms with E-state index in [1.54, 1.807) is 6.33 Å². The molecule has 0 bridgehead atoms. The molecule has 0 spiro atoms. The minimum Gasteiger partial charge on any atom is -0.325 e. The quantitative estimate of drug-likeness (QED) is 0.532. The zero-order chi connectivity index (χ0) is 15.2. The highest BCUT2D eigenvalue weighted by Gasteiger charge is 2.19. The Hall–Kier alpha value is -3.01. The molecular weight excluding hydrogens is 284 g/mol. The molecule has 0 aliphatic carbocycles. The second kappa shape index (κ2) is 4.74. The van der Waals surface area contributed by atoms with Crippen molar-refractivity contribution in [3.8, 4) is 11.1 Å². The Morgan fingerprint density at radius 2 is 2.00 bits per heavy atom. The normalized spacial score (nSPS) is 13.6. The Bertz CT molecular complexity index is 1080. The number of allylic oxidation sites excluding steroid dienone is 1. The van der Waals surface area contributed by atoms with Crippen LogP contribution in [0, 0.1) is 0 Å². The first-order valence-electron chi connectivity index (χ1n) is 7.76. The van der Waals surface area contributed by atoms with Crippen molar-refractivity contribution in [2.75, 3.05) is 0 Å². The second-order valence-corrected chi connectivity index (χ2v) is 5.78. The molecule has 0 amide bonds. The Kier molecular flexibility index (Phi) is 2.58. The van der Waals surface area contributed by atoms with E-state index in [9.17, 15) is 0 Å². The number of nitrogens with zero attached hydrogens (tertiary/aromatic N) is 4. The molecular formula is C19H14N4. The highest BCUT2D eigenvalue weighted by Crippen LogP contribution is 2.36. The van der Waals surface area contributed by atoms with Crippen LogP contribution in [-0.2, 0) is 6.54 Å². The zero-order valence-electron chi connectivity index (χ0n) is 12.5. The van der Waals surface area contributed by atoms with Crippen molar-refractivity contribution in [1.29, 1.82) is 0 Å². The molecule has 0 saturated heterocycles. The first-order chi connectivity index (χ1) is 11.4. The van der Waals surface area contributed by atoms with Crippen LogP contribution in [0.15, 0.2) is 55.1 Å². The lowest BCUT2D eigenvalue weighted by atomic mass is 10.0. The Balaban J connectivity index is 1.87. The molecule has 0 saturated carbocycles. The summed E-state index contributed by atoms with van der Waals surface area (Å²) >= 11 is 0. The summed E-state index contributed by atoms with van der Waals surface area (Å²) in [7, 11) is 0. The summed E-state index contributed by atoms with van der Waals surface area (Å²) in [5.74, 6) is 0. The van der Waals surface area contributed by atoms with E-state index < -0.39 is 0 Å². The van der Waals surface area contributed by atoms with Gasteiger partial charge in [0.05, 0.1) is 11.2 Å². The van der Waals surface area contributed by atoms with Crippen LogP contribution < -0.4 is 0 Å². The minimum atomic E-state index is 0.959. The van der Waals surface area contributed by atoms with Gasteiger partial charge in [-0.2, -0.15) is 0 Å². The molecule has 23 heavy (non-hydrogen) atoms. The number of fused-ring (bicyclic) bond motifs is 4. The molecule has 4 nitrogen and oxygen atoms in total. The van der Waals surface area contributed by atoms with Gasteiger partial charge in [0.2, 0.25) is 0 Å². The van der Waals surface area contributed by atoms with E-state index in [4.69, 9.17) is 0 Å². The molecule has 0 unspecified atom stereocenters. The molecule has 1 aliphatic rings. The highest BCUT2D eigenvalue weighted by atomic mass is 15.1. The third kappa shape index (κ3) is 1.81. The van der Waals surface area contributed by atoms with Crippen LogP contribution >= 0.6 is 0 Å². The Morgan fingerprint density at radius 1 is 1.04 bits per heavy atom. The van der Waals surface area contributed by atoms with Crippen LogP contribution in [0.4, 0.5) is 0 Å². The van der Waals surface area contributed by atoms with Crippen LogP contribution in [-0.4, -0.2) is 19.5 Å². The molecule has 1 aromatic carbocycles. The molecule has 4 heterocycles. The van der Waals surface area contributed by atoms with E-state index in [0.717, 1.165) is 40.5 Å². The summed E-state index contributed by atoms with van der Waals surface area (Å²) < 4.78 is 2.28. The number of hydrogen-bond donors (Lipinski definition) is 0. The van der Waals surface area contributed by atoms with Crippen molar-refractivity contribution in [3.05, 3.63) is 60.8 Å². The average molecular weight is 298 g/mol. The van der Waals surface area contributed by atoms with Crippen molar-refractivity contribution in [2.24, 2.45) is 0 Å². The van der Waals surface area contributed by atoms with Gasteiger partial charge >= 0.3 is 0 Å². The lowest BCUT2D eigenvalue weighted by Crippen LogP contribution is -2.04. The molecule has 0 radical (unpaired) electrons. The number of para-hydroxylation sites is 1. The van der Waals surface area contributed by atoms with Crippen LogP contribution in [0.25, 0.3) is 39.1 Å². The van der Waals surface area contributed by atoms with Crippen LogP contribution in [0.5, 0.6) is 0 Å². The Morgan fingerprint density at radius 3 is 3.00 bits per heavy atom. The van der Waals surface area contributed by atoms with Gasteiger partial charge in [0, 0.05) is 40.8 Å². The van der Waals surface area contributed by atoms with Gasteiger partial charge in [0.25, 0.3) is 0 Å². The van der Waals surface area contributed by atoms with Crippen LogP contribution in [0.3, 0.4) is 0 Å². The summed E-state index contributed by atoms with van der Waals surface area (Å²) in [6.07, 6.45) is 10.9. The molecule has 5 rings (SSSR count). The summed E-state index contributed by atoms with van der Waals surface area (Å²) in [6.45, 7) is 0.959. The predicted octanol–water partition coefficient (Wildman–Crippen LogP) is 4.06. The average Bonchev–Trinajstić information content (AvgIpc) is 2.96. The monoisotopic (exact) mass is 298 g/mol. The standard InChI is InChI=1S/C19H14N4/c1-2-6-16-13(5-1)9-14(10-21-16)18-15-11-20-12-22-19(15)23-8-4-3-7-17(18)23/h1-3,5-7,9-12H,4,8H2. The maximum absolute atomic E-state index is 4.62. The fraction of sp³-hybridized carbons (Fsp3) is 0.105. The van der Waals surface area contributed by atoms with E-state index in [1.165, 1.54) is 11.3 Å². The van der Waals surface area contributed by atoms with Crippen molar-refractivity contribution < 1.29 is 0 Å². The molecule has 1 aliphatic heterocycles. The third-order valence-corrected chi connectivity index (χ3v) is 4.44. The van der Waals surface area contributed by atoms with Gasteiger partial charge in [0.1, 0.15) is 12.0 Å². The van der Waals surface area contributed by atoms with Crippen molar-refractivity contribution in [1.82, 2.24) is 19.5 Å². The van der Waals surface area contributed by atoms with E-state index in [-0.39, 0.29) is 0 Å². The number of rotatable bonds is 1. The van der Waals surface area contributed by atoms with E-state index >= 15 is 0 Å². The van der Waals surface area contributed by atoms with E-state index in [0.29, 0.717) is 0 Å². The van der Waals surface area contributed by atoms with Crippen LogP contribution in [0.1, 0.15) is 12.1 Å². The maximum Gasteiger partial charge on any atom is 0.144 e. The molecule has 0 N–H and O–H groups in total. The summed E-state index contributed by atoms with van der Waals surface area (Å²) in [6, 6.07) is 10.4. The Labute approximate surface area is 133 Å². The number of pyridine rings is 1. The SMILES string of the molecule is C1=Cc2c(-c3cnc4ccccc4c3)c3cncnc3n2CC1. The lowest BCUT2D eigenvalue weighted by molar-refractivity contribution is 0.713. The first kappa shape index (κ1) is 12.5. The van der Waals surface area contributed by atoms with Gasteiger partial charge < -0.3 is 4.57 Å². The smallest absolute Gasteiger partial charge is 0.144 e. The predicted molar refractivity (Wildman–Crippen MR) is 91.9 cm³/mol. The van der Waals surface area contributed by atoms with Gasteiger partial charge in [-0.25, -0.2) is 9.97 Å². The molecule has 0 fully saturated rings. The number of aryl methyl sites for hydroxylation is 1. The molecule has 0 atom stereocenters. The van der Waals surface area contributed by atoms with E-state index in [2.05, 4.69) is 43.8 Å². The fourth-order valence-electron chi connectivity index (χ4n) is 3.41. The molecule has 110 valence electrons. The van der Waals surface area contributed by atoms with Gasteiger partial charge in [-0.3, -0.25) is 4.98 Å². The lowest BCUT2D eigenvalue weighted by Gasteiger charge is -2.11. The zero-order valence-corrected chi connectivity index (χ0v) is 12.5. The first-order valence-corrected chi connectivity index (χ1v) is 7.76. The van der Waals surface area contributed by atoms with Crippen molar-refractivity contribution in [2.45, 2.75) is 13.0 Å². The van der Waals surface area contributed by atoms with Crippen molar-refractivity contribution >= 4 is 28.0 Å². The second-order valence-electron chi connectivity index (χ2n) is 5.78. The number of hydrogen-bond acceptors (Lipinski definition) is 3. The fourth-order valence-corrected chi connectivity index (χ4v) is 3.41. The van der Waals surface area contributed by atoms with Gasteiger partial charge in [0.15, 0.2) is 0 Å². The largest absolute Gasteiger partial charge is 0.325 e. The molecule has 3 aromatic heterocycles. The maximum atomic E-state index is 4.62. The van der Waals surface area contributed by atoms with Gasteiger partial charge in [-0.15, -0.1) is 0 Å².